The van der Waals surface area contributed by atoms with E-state index in [4.69, 9.17) is 4.74 Å². The number of hydrogen-bond acceptors (Lipinski definition) is 4. The lowest BCUT2D eigenvalue weighted by Gasteiger charge is -2.22. The first-order chi connectivity index (χ1) is 8.65. The minimum absolute atomic E-state index is 0.0853. The van der Waals surface area contributed by atoms with E-state index in [2.05, 4.69) is 38.3 Å². The fourth-order valence-corrected chi connectivity index (χ4v) is 2.50. The van der Waals surface area contributed by atoms with Crippen LogP contribution in [0.15, 0.2) is 22.8 Å². The second-order valence-electron chi connectivity index (χ2n) is 4.84. The molecule has 5 nitrogen and oxygen atoms in total. The number of aromatic nitrogens is 3. The fourth-order valence-electron chi connectivity index (χ4n) is 2.18. The molecule has 0 amide bonds. The predicted molar refractivity (Wildman–Crippen MR) is 72.8 cm³/mol. The molecule has 2 aromatic heterocycles. The summed E-state index contributed by atoms with van der Waals surface area (Å²) < 4.78 is 8.46. The number of nitrogens with zero attached hydrogens (tertiary/aromatic N) is 3. The van der Waals surface area contributed by atoms with Crippen LogP contribution in [-0.2, 0) is 4.74 Å². The Balaban J connectivity index is 1.74. The van der Waals surface area contributed by atoms with Crippen molar-refractivity contribution in [2.45, 2.75) is 25.4 Å². The molecule has 1 atom stereocenters. The zero-order valence-electron chi connectivity index (χ0n) is 10.2. The predicted octanol–water partition coefficient (Wildman–Crippen LogP) is 2.47. The van der Waals surface area contributed by atoms with Gasteiger partial charge in [-0.05, 0) is 47.8 Å². The van der Waals surface area contributed by atoms with Crippen LogP contribution in [0.25, 0.3) is 5.65 Å². The van der Waals surface area contributed by atoms with Crippen LogP contribution < -0.4 is 5.32 Å². The quantitative estimate of drug-likeness (QED) is 0.946. The van der Waals surface area contributed by atoms with Crippen molar-refractivity contribution in [3.8, 4) is 0 Å². The van der Waals surface area contributed by atoms with E-state index in [1.165, 1.54) is 0 Å². The monoisotopic (exact) mass is 310 g/mol. The third kappa shape index (κ3) is 2.35. The Morgan fingerprint density at radius 3 is 3.22 bits per heavy atom. The summed E-state index contributed by atoms with van der Waals surface area (Å²) in [4.78, 5) is 4.41. The topological polar surface area (TPSA) is 51.5 Å². The molecule has 0 aromatic carbocycles. The van der Waals surface area contributed by atoms with E-state index in [1.54, 1.807) is 4.52 Å². The minimum atomic E-state index is -0.0853. The molecule has 1 aliphatic heterocycles. The first kappa shape index (κ1) is 11.9. The molecule has 96 valence electrons. The molecule has 0 saturated carbocycles. The Hall–Kier alpha value is -1.14. The van der Waals surface area contributed by atoms with Gasteiger partial charge in [-0.3, -0.25) is 0 Å². The molecule has 1 aliphatic rings. The summed E-state index contributed by atoms with van der Waals surface area (Å²) in [7, 11) is 0. The van der Waals surface area contributed by atoms with Crippen molar-refractivity contribution in [1.29, 1.82) is 0 Å². The van der Waals surface area contributed by atoms with Crippen LogP contribution in [0.1, 0.15) is 19.8 Å². The molecule has 1 saturated heterocycles. The van der Waals surface area contributed by atoms with Gasteiger partial charge in [0.25, 0.3) is 0 Å². The lowest BCUT2D eigenvalue weighted by Crippen LogP contribution is -2.32. The van der Waals surface area contributed by atoms with Crippen LogP contribution in [0, 0.1) is 0 Å². The highest BCUT2D eigenvalue weighted by molar-refractivity contribution is 9.10. The van der Waals surface area contributed by atoms with Crippen LogP contribution in [0.3, 0.4) is 0 Å². The second-order valence-corrected chi connectivity index (χ2v) is 5.76. The van der Waals surface area contributed by atoms with Crippen LogP contribution in [0.5, 0.6) is 0 Å². The number of halogens is 1. The average Bonchev–Trinajstić information content (AvgIpc) is 2.93. The Bertz CT molecular complexity index is 562. The summed E-state index contributed by atoms with van der Waals surface area (Å²) in [6.07, 6.45) is 4.10. The molecule has 1 N–H and O–H groups in total. The lowest BCUT2D eigenvalue weighted by molar-refractivity contribution is 0.0314. The van der Waals surface area contributed by atoms with E-state index in [9.17, 15) is 0 Å². The second kappa shape index (κ2) is 4.51. The van der Waals surface area contributed by atoms with Crippen LogP contribution in [0.4, 0.5) is 5.95 Å². The van der Waals surface area contributed by atoms with E-state index in [0.717, 1.165) is 36.1 Å². The third-order valence-electron chi connectivity index (χ3n) is 3.22. The summed E-state index contributed by atoms with van der Waals surface area (Å²) in [5.74, 6) is 0.643. The van der Waals surface area contributed by atoms with Gasteiger partial charge in [0, 0.05) is 23.8 Å². The normalized spacial score (nSPS) is 23.7. The maximum atomic E-state index is 5.72. The van der Waals surface area contributed by atoms with E-state index < -0.39 is 0 Å². The number of ether oxygens (including phenoxy) is 1. The van der Waals surface area contributed by atoms with Crippen LogP contribution in [0.2, 0.25) is 0 Å². The summed E-state index contributed by atoms with van der Waals surface area (Å²) in [6, 6.07) is 3.88. The molecule has 2 aromatic rings. The van der Waals surface area contributed by atoms with Crippen molar-refractivity contribution in [2.75, 3.05) is 18.5 Å². The number of fused-ring (bicyclic) bond motifs is 1. The maximum absolute atomic E-state index is 5.72. The molecule has 1 fully saturated rings. The molecular formula is C12H15BrN4O. The van der Waals surface area contributed by atoms with Gasteiger partial charge in [0.2, 0.25) is 5.95 Å². The largest absolute Gasteiger partial charge is 0.373 e. The highest BCUT2D eigenvalue weighted by atomic mass is 79.9. The molecule has 0 radical (unpaired) electrons. The van der Waals surface area contributed by atoms with E-state index >= 15 is 0 Å². The average molecular weight is 311 g/mol. The van der Waals surface area contributed by atoms with Gasteiger partial charge in [-0.15, -0.1) is 5.10 Å². The lowest BCUT2D eigenvalue weighted by atomic mass is 10.0. The Morgan fingerprint density at radius 2 is 2.44 bits per heavy atom. The highest BCUT2D eigenvalue weighted by Crippen LogP contribution is 2.25. The molecule has 3 heterocycles. The van der Waals surface area contributed by atoms with E-state index in [-0.39, 0.29) is 5.60 Å². The summed E-state index contributed by atoms with van der Waals surface area (Å²) in [6.45, 7) is 3.72. The molecule has 18 heavy (non-hydrogen) atoms. The Kier molecular flexibility index (Phi) is 2.99. The highest BCUT2D eigenvalue weighted by Gasteiger charge is 2.29. The number of nitrogens with one attached hydrogen (secondary N) is 1. The van der Waals surface area contributed by atoms with Gasteiger partial charge < -0.3 is 10.1 Å². The van der Waals surface area contributed by atoms with Crippen LogP contribution in [-0.4, -0.2) is 33.4 Å². The van der Waals surface area contributed by atoms with Gasteiger partial charge in [-0.25, -0.2) is 4.52 Å². The van der Waals surface area contributed by atoms with Gasteiger partial charge in [-0.2, -0.15) is 4.98 Å². The molecular weight excluding hydrogens is 296 g/mol. The van der Waals surface area contributed by atoms with Gasteiger partial charge in [0.1, 0.15) is 0 Å². The minimum Gasteiger partial charge on any atom is -0.373 e. The van der Waals surface area contributed by atoms with Gasteiger partial charge in [0.05, 0.1) is 5.60 Å². The summed E-state index contributed by atoms with van der Waals surface area (Å²) in [5, 5.41) is 7.63. The standard InChI is InChI=1S/C12H15BrN4O/c1-12(5-2-6-18-12)8-14-11-15-10-4-3-9(13)7-17(10)16-11/h3-4,7H,2,5-6,8H2,1H3,(H,14,16). The van der Waals surface area contributed by atoms with Gasteiger partial charge in [-0.1, -0.05) is 0 Å². The zero-order chi connectivity index (χ0) is 12.6. The van der Waals surface area contributed by atoms with Crippen molar-refractivity contribution < 1.29 is 4.74 Å². The van der Waals surface area contributed by atoms with Gasteiger partial charge >= 0.3 is 0 Å². The SMILES string of the molecule is CC1(CNc2nc3ccc(Br)cn3n2)CCCO1. The van der Waals surface area contributed by atoms with Crippen molar-refractivity contribution in [3.05, 3.63) is 22.8 Å². The summed E-state index contributed by atoms with van der Waals surface area (Å²) in [5.41, 5.74) is 0.746. The Morgan fingerprint density at radius 1 is 1.56 bits per heavy atom. The number of pyridine rings is 1. The number of hydrogen-bond donors (Lipinski definition) is 1. The first-order valence-electron chi connectivity index (χ1n) is 6.04. The Labute approximate surface area is 114 Å². The first-order valence-corrected chi connectivity index (χ1v) is 6.84. The zero-order valence-corrected chi connectivity index (χ0v) is 11.8. The molecule has 6 heteroatoms. The molecule has 0 spiro atoms. The van der Waals surface area contributed by atoms with Crippen molar-refractivity contribution in [2.24, 2.45) is 0 Å². The number of rotatable bonds is 3. The van der Waals surface area contributed by atoms with E-state index in [1.807, 2.05) is 18.3 Å². The number of anilines is 1. The fraction of sp³-hybridized carbons (Fsp3) is 0.500. The summed E-state index contributed by atoms with van der Waals surface area (Å²) >= 11 is 3.41. The smallest absolute Gasteiger partial charge is 0.243 e. The van der Waals surface area contributed by atoms with E-state index in [0.29, 0.717) is 5.95 Å². The molecule has 1 unspecified atom stereocenters. The third-order valence-corrected chi connectivity index (χ3v) is 3.68. The maximum Gasteiger partial charge on any atom is 0.243 e. The molecule has 3 rings (SSSR count). The van der Waals surface area contributed by atoms with Crippen molar-refractivity contribution in [3.63, 3.8) is 0 Å². The molecule has 0 aliphatic carbocycles. The van der Waals surface area contributed by atoms with Crippen molar-refractivity contribution in [1.82, 2.24) is 14.6 Å². The van der Waals surface area contributed by atoms with Crippen molar-refractivity contribution >= 4 is 27.5 Å². The molecule has 0 bridgehead atoms. The van der Waals surface area contributed by atoms with Crippen LogP contribution >= 0.6 is 15.9 Å². The van der Waals surface area contributed by atoms with Gasteiger partial charge in [0.15, 0.2) is 5.65 Å².